The minimum Gasteiger partial charge on any atom is -0.492 e. The number of likely N-dealkylation sites (N-methyl/N-ethyl adjacent to an activating group) is 1. The fraction of sp³-hybridized carbons (Fsp3) is 0.231. The monoisotopic (exact) mass is 491 g/mol. The number of carbonyl (C=O) groups is 3. The minimum atomic E-state index is -1.67. The van der Waals surface area contributed by atoms with Crippen molar-refractivity contribution in [2.45, 2.75) is 17.8 Å². The summed E-state index contributed by atoms with van der Waals surface area (Å²) in [5.41, 5.74) is 1.50. The Kier molecular flexibility index (Phi) is 7.67. The Morgan fingerprint density at radius 3 is 2.40 bits per heavy atom. The van der Waals surface area contributed by atoms with Gasteiger partial charge in [0.2, 0.25) is 4.75 Å². The minimum absolute atomic E-state index is 0.0170. The van der Waals surface area contributed by atoms with Crippen molar-refractivity contribution < 1.29 is 23.9 Å². The molecule has 1 fully saturated rings. The third kappa shape index (κ3) is 5.99. The van der Waals surface area contributed by atoms with Crippen LogP contribution in [0.5, 0.6) is 5.75 Å². The van der Waals surface area contributed by atoms with Gasteiger partial charge in [-0.25, -0.2) is 9.78 Å². The lowest BCUT2D eigenvalue weighted by molar-refractivity contribution is -0.150. The summed E-state index contributed by atoms with van der Waals surface area (Å²) in [6.45, 7) is 1.12. The molecule has 0 saturated carbocycles. The van der Waals surface area contributed by atoms with Crippen LogP contribution in [0.3, 0.4) is 0 Å². The average molecular weight is 492 g/mol. The predicted molar refractivity (Wildman–Crippen MR) is 133 cm³/mol. The van der Waals surface area contributed by atoms with E-state index in [1.807, 2.05) is 60.5 Å². The quantitative estimate of drug-likeness (QED) is 0.339. The number of carbonyl (C=O) groups excluding carboxylic acids is 3. The Morgan fingerprint density at radius 1 is 1.00 bits per heavy atom. The molecular weight excluding hydrogens is 466 g/mol. The molecule has 0 unspecified atom stereocenters. The topological polar surface area (TPSA) is 97.8 Å². The summed E-state index contributed by atoms with van der Waals surface area (Å²) in [5, 5.41) is 1.65. The van der Waals surface area contributed by atoms with Gasteiger partial charge in [0.05, 0.1) is 6.54 Å². The van der Waals surface area contributed by atoms with Crippen molar-refractivity contribution >= 4 is 34.7 Å². The number of aromatic nitrogens is 1. The lowest BCUT2D eigenvalue weighted by Crippen LogP contribution is -2.46. The zero-order valence-electron chi connectivity index (χ0n) is 19.2. The van der Waals surface area contributed by atoms with E-state index in [-0.39, 0.29) is 13.0 Å². The molecule has 0 aliphatic carbocycles. The summed E-state index contributed by atoms with van der Waals surface area (Å²) >= 11 is 0.662. The zero-order valence-corrected chi connectivity index (χ0v) is 20.0. The molecule has 0 radical (unpaired) electrons. The van der Waals surface area contributed by atoms with E-state index in [0.29, 0.717) is 36.2 Å². The van der Waals surface area contributed by atoms with Crippen molar-refractivity contribution in [3.63, 3.8) is 0 Å². The number of ether oxygens (including phenoxy) is 2. The molecule has 2 amide bonds. The highest BCUT2D eigenvalue weighted by Gasteiger charge is 2.55. The molecule has 1 atom stereocenters. The number of hydrogen-bond donors (Lipinski definition) is 1. The first-order valence-corrected chi connectivity index (χ1v) is 11.9. The molecule has 1 N–H and O–H groups in total. The van der Waals surface area contributed by atoms with E-state index in [9.17, 15) is 14.4 Å². The van der Waals surface area contributed by atoms with Crippen LogP contribution < -0.4 is 15.0 Å². The van der Waals surface area contributed by atoms with Crippen LogP contribution in [0.1, 0.15) is 11.1 Å². The van der Waals surface area contributed by atoms with Gasteiger partial charge in [-0.1, -0.05) is 48.5 Å². The predicted octanol–water partition coefficient (Wildman–Crippen LogP) is 3.60. The molecule has 0 spiro atoms. The first-order valence-electron chi connectivity index (χ1n) is 11.1. The number of nitrogens with zero attached hydrogens (tertiary/aromatic N) is 2. The third-order valence-corrected chi connectivity index (χ3v) is 6.64. The molecule has 2 aromatic carbocycles. The van der Waals surface area contributed by atoms with Crippen LogP contribution in [0, 0.1) is 0 Å². The van der Waals surface area contributed by atoms with Gasteiger partial charge in [0, 0.05) is 19.7 Å². The number of anilines is 1. The number of nitrogens with one attached hydrogen (secondary N) is 1. The van der Waals surface area contributed by atoms with E-state index in [2.05, 4.69) is 10.3 Å². The molecule has 1 saturated heterocycles. The van der Waals surface area contributed by atoms with Gasteiger partial charge < -0.3 is 14.4 Å². The van der Waals surface area contributed by atoms with Crippen molar-refractivity contribution in [3.05, 3.63) is 90.1 Å². The Bertz CT molecular complexity index is 1170. The first-order chi connectivity index (χ1) is 17.0. The number of benzene rings is 2. The van der Waals surface area contributed by atoms with Crippen molar-refractivity contribution in [3.8, 4) is 5.75 Å². The van der Waals surface area contributed by atoms with Crippen LogP contribution in [-0.2, 0) is 27.4 Å². The third-order valence-electron chi connectivity index (χ3n) is 5.50. The molecule has 1 aliphatic rings. The van der Waals surface area contributed by atoms with E-state index in [0.717, 1.165) is 11.4 Å². The van der Waals surface area contributed by atoms with Crippen LogP contribution in [-0.4, -0.2) is 47.0 Å². The maximum atomic E-state index is 13.0. The molecule has 8 nitrogen and oxygen atoms in total. The first kappa shape index (κ1) is 24.3. The van der Waals surface area contributed by atoms with Crippen molar-refractivity contribution in [2.75, 3.05) is 25.1 Å². The van der Waals surface area contributed by atoms with Gasteiger partial charge in [0.25, 0.3) is 11.1 Å². The largest absolute Gasteiger partial charge is 0.492 e. The summed E-state index contributed by atoms with van der Waals surface area (Å²) < 4.78 is 9.59. The number of imide groups is 1. The van der Waals surface area contributed by atoms with Gasteiger partial charge in [-0.3, -0.25) is 14.9 Å². The molecule has 1 aromatic heterocycles. The lowest BCUT2D eigenvalue weighted by atomic mass is 9.97. The standard InChI is InChI=1S/C26H25N3O5S/c1-29(22-9-5-6-14-27-22)15-16-33-21-12-10-19(11-13-21)17-26(23(30)28-25(32)35-26)24(31)34-18-20-7-3-2-4-8-20/h2-14H,15-18H2,1H3,(H,28,30,32)/t26-/m0/s1. The van der Waals surface area contributed by atoms with Crippen LogP contribution in [0.4, 0.5) is 10.6 Å². The Labute approximate surface area is 207 Å². The van der Waals surface area contributed by atoms with Crippen LogP contribution in [0.15, 0.2) is 79.0 Å². The van der Waals surface area contributed by atoms with E-state index < -0.39 is 21.9 Å². The maximum Gasteiger partial charge on any atom is 0.333 e. The summed E-state index contributed by atoms with van der Waals surface area (Å²) in [6, 6.07) is 22.0. The fourth-order valence-electron chi connectivity index (χ4n) is 3.57. The molecular formula is C26H25N3O5S. The number of amides is 2. The molecule has 180 valence electrons. The molecule has 3 aromatic rings. The summed E-state index contributed by atoms with van der Waals surface area (Å²) in [7, 11) is 1.94. The van der Waals surface area contributed by atoms with Crippen LogP contribution in [0.25, 0.3) is 0 Å². The average Bonchev–Trinajstić information content (AvgIpc) is 3.18. The van der Waals surface area contributed by atoms with Crippen molar-refractivity contribution in [2.24, 2.45) is 0 Å². The molecule has 4 rings (SSSR count). The van der Waals surface area contributed by atoms with Crippen molar-refractivity contribution in [1.82, 2.24) is 10.3 Å². The maximum absolute atomic E-state index is 13.0. The number of hydrogen-bond acceptors (Lipinski definition) is 8. The number of rotatable bonds is 10. The summed E-state index contributed by atoms with van der Waals surface area (Å²) in [6.07, 6.45) is 1.76. The van der Waals surface area contributed by atoms with Crippen molar-refractivity contribution in [1.29, 1.82) is 0 Å². The highest BCUT2D eigenvalue weighted by Crippen LogP contribution is 2.37. The molecule has 0 bridgehead atoms. The second kappa shape index (κ2) is 11.1. The van der Waals surface area contributed by atoms with Gasteiger partial charge in [-0.15, -0.1) is 0 Å². The molecule has 2 heterocycles. The normalized spacial score (nSPS) is 17.1. The Morgan fingerprint density at radius 2 is 1.74 bits per heavy atom. The van der Waals surface area contributed by atoms with Gasteiger partial charge >= 0.3 is 5.97 Å². The number of pyridine rings is 1. The van der Waals surface area contributed by atoms with E-state index >= 15 is 0 Å². The van der Waals surface area contributed by atoms with Gasteiger partial charge in [-0.05, 0) is 47.2 Å². The highest BCUT2D eigenvalue weighted by atomic mass is 32.2. The number of thioether (sulfide) groups is 1. The van der Waals surface area contributed by atoms with Gasteiger partial charge in [0.15, 0.2) is 0 Å². The SMILES string of the molecule is CN(CCOc1ccc(C[C@]2(C(=O)OCc3ccccc3)SC(=O)NC2=O)cc1)c1ccccn1. The van der Waals surface area contributed by atoms with E-state index in [1.54, 1.807) is 30.5 Å². The fourth-order valence-corrected chi connectivity index (χ4v) is 4.56. The molecule has 1 aliphatic heterocycles. The summed E-state index contributed by atoms with van der Waals surface area (Å²) in [5.74, 6) is 0.109. The molecule has 35 heavy (non-hydrogen) atoms. The van der Waals surface area contributed by atoms with Gasteiger partial charge in [0.1, 0.15) is 24.8 Å². The zero-order chi connectivity index (χ0) is 24.7. The summed E-state index contributed by atoms with van der Waals surface area (Å²) in [4.78, 5) is 43.9. The van der Waals surface area contributed by atoms with Crippen LogP contribution >= 0.6 is 11.8 Å². The molecule has 9 heteroatoms. The van der Waals surface area contributed by atoms with E-state index in [1.165, 1.54) is 0 Å². The van der Waals surface area contributed by atoms with Crippen LogP contribution in [0.2, 0.25) is 0 Å². The van der Waals surface area contributed by atoms with E-state index in [4.69, 9.17) is 9.47 Å². The number of esters is 1. The second-order valence-corrected chi connectivity index (χ2v) is 9.28. The highest BCUT2D eigenvalue weighted by molar-refractivity contribution is 8.16. The lowest BCUT2D eigenvalue weighted by Gasteiger charge is -2.22. The van der Waals surface area contributed by atoms with Gasteiger partial charge in [-0.2, -0.15) is 0 Å². The second-order valence-electron chi connectivity index (χ2n) is 8.01. The Hall–Kier alpha value is -3.85. The Balaban J connectivity index is 1.37. The smallest absolute Gasteiger partial charge is 0.333 e.